The van der Waals surface area contributed by atoms with Gasteiger partial charge < -0.3 is 15.4 Å². The third kappa shape index (κ3) is 3.57. The van der Waals surface area contributed by atoms with Gasteiger partial charge in [0.25, 0.3) is 11.8 Å². The van der Waals surface area contributed by atoms with E-state index in [1.807, 2.05) is 37.3 Å². The van der Waals surface area contributed by atoms with Gasteiger partial charge in [0.05, 0.1) is 18.2 Å². The van der Waals surface area contributed by atoms with Gasteiger partial charge in [-0.2, -0.15) is 0 Å². The van der Waals surface area contributed by atoms with Gasteiger partial charge in [0.1, 0.15) is 0 Å². The van der Waals surface area contributed by atoms with E-state index in [4.69, 9.17) is 4.74 Å². The maximum Gasteiger partial charge on any atom is 0.255 e. The quantitative estimate of drug-likeness (QED) is 0.818. The molecule has 2 fully saturated rings. The molecule has 0 bridgehead atoms. The Hall–Kier alpha value is -1.83. The van der Waals surface area contributed by atoms with Crippen LogP contribution >= 0.6 is 11.8 Å². The zero-order chi connectivity index (χ0) is 16.3. The van der Waals surface area contributed by atoms with Crippen molar-refractivity contribution in [1.82, 2.24) is 10.2 Å². The summed E-state index contributed by atoms with van der Waals surface area (Å²) in [4.78, 5) is 25.8. The number of carbonyl (C=O) groups is 2. The van der Waals surface area contributed by atoms with Crippen LogP contribution in [0.4, 0.5) is 5.69 Å². The molecule has 7 heteroatoms. The van der Waals surface area contributed by atoms with Crippen molar-refractivity contribution in [3.8, 4) is 0 Å². The Morgan fingerprint density at radius 2 is 2.04 bits per heavy atom. The van der Waals surface area contributed by atoms with Gasteiger partial charge in [0.2, 0.25) is 0 Å². The summed E-state index contributed by atoms with van der Waals surface area (Å²) >= 11 is 1.38. The fourth-order valence-corrected chi connectivity index (χ4v) is 3.79. The molecule has 0 spiro atoms. The number of hydrogen-bond donors (Lipinski definition) is 2. The van der Waals surface area contributed by atoms with Gasteiger partial charge in [0.15, 0.2) is 4.87 Å². The second-order valence-corrected chi connectivity index (χ2v) is 6.94. The Labute approximate surface area is 139 Å². The maximum absolute atomic E-state index is 12.4. The van der Waals surface area contributed by atoms with Crippen molar-refractivity contribution in [3.63, 3.8) is 0 Å². The predicted molar refractivity (Wildman–Crippen MR) is 89.7 cm³/mol. The molecule has 122 valence electrons. The third-order valence-corrected chi connectivity index (χ3v) is 5.17. The van der Waals surface area contributed by atoms with E-state index in [2.05, 4.69) is 15.5 Å². The van der Waals surface area contributed by atoms with Crippen molar-refractivity contribution in [1.29, 1.82) is 0 Å². The van der Waals surface area contributed by atoms with Crippen LogP contribution in [0, 0.1) is 0 Å². The summed E-state index contributed by atoms with van der Waals surface area (Å²) in [5.74, 6) is -0.353. The van der Waals surface area contributed by atoms with Gasteiger partial charge in [0, 0.05) is 24.9 Å². The summed E-state index contributed by atoms with van der Waals surface area (Å²) in [7, 11) is 0. The second kappa shape index (κ2) is 6.74. The molecule has 3 rings (SSSR count). The zero-order valence-corrected chi connectivity index (χ0v) is 13.7. The Bertz CT molecular complexity index is 629. The topological polar surface area (TPSA) is 70.7 Å². The summed E-state index contributed by atoms with van der Waals surface area (Å²) in [6.07, 6.45) is 1.43. The first-order valence-corrected chi connectivity index (χ1v) is 8.30. The standard InChI is InChI=1S/C16H19N3O3S/c1-16(19-7-9-22-10-8-19)15(21)18-14(23-16)11-13(20)17-12-5-3-2-4-6-12/h2-6,11H,7-10H2,1H3,(H,17,20)(H,18,21)/b14-11-. The smallest absolute Gasteiger partial charge is 0.255 e. The molecule has 0 aromatic heterocycles. The molecule has 2 aliphatic rings. The highest BCUT2D eigenvalue weighted by Crippen LogP contribution is 2.40. The monoisotopic (exact) mass is 333 g/mol. The Balaban J connectivity index is 1.67. The third-order valence-electron chi connectivity index (χ3n) is 3.88. The summed E-state index contributed by atoms with van der Waals surface area (Å²) in [6, 6.07) is 9.22. The fourth-order valence-electron chi connectivity index (χ4n) is 2.60. The first-order valence-electron chi connectivity index (χ1n) is 7.49. The minimum Gasteiger partial charge on any atom is -0.379 e. The molecule has 0 radical (unpaired) electrons. The molecule has 23 heavy (non-hydrogen) atoms. The molecule has 0 aliphatic carbocycles. The van der Waals surface area contributed by atoms with Crippen LogP contribution in [0.25, 0.3) is 0 Å². The SMILES string of the molecule is CC1(N2CCOCC2)S/C(=C\C(=O)Nc2ccccc2)NC1=O. The molecular weight excluding hydrogens is 314 g/mol. The molecule has 1 unspecified atom stereocenters. The largest absolute Gasteiger partial charge is 0.379 e. The Morgan fingerprint density at radius 1 is 1.35 bits per heavy atom. The minimum absolute atomic E-state index is 0.0943. The lowest BCUT2D eigenvalue weighted by molar-refractivity contribution is -0.127. The Morgan fingerprint density at radius 3 is 2.74 bits per heavy atom. The van der Waals surface area contributed by atoms with Gasteiger partial charge >= 0.3 is 0 Å². The number of morpholine rings is 1. The van der Waals surface area contributed by atoms with Gasteiger partial charge in [-0.05, 0) is 19.1 Å². The number of rotatable bonds is 3. The molecular formula is C16H19N3O3S. The summed E-state index contributed by atoms with van der Waals surface area (Å²) in [5.41, 5.74) is 0.722. The van der Waals surface area contributed by atoms with Crippen molar-refractivity contribution in [3.05, 3.63) is 41.4 Å². The highest BCUT2D eigenvalue weighted by molar-refractivity contribution is 8.05. The van der Waals surface area contributed by atoms with Crippen molar-refractivity contribution < 1.29 is 14.3 Å². The number of anilines is 1. The molecule has 6 nitrogen and oxygen atoms in total. The number of hydrogen-bond acceptors (Lipinski definition) is 5. The van der Waals surface area contributed by atoms with Crippen LogP contribution in [0.3, 0.4) is 0 Å². The van der Waals surface area contributed by atoms with Crippen LogP contribution < -0.4 is 10.6 Å². The lowest BCUT2D eigenvalue weighted by atomic mass is 10.2. The molecule has 2 heterocycles. The van der Waals surface area contributed by atoms with Gasteiger partial charge in [-0.3, -0.25) is 14.5 Å². The van der Waals surface area contributed by atoms with E-state index >= 15 is 0 Å². The lowest BCUT2D eigenvalue weighted by Crippen LogP contribution is -2.54. The predicted octanol–water partition coefficient (Wildman–Crippen LogP) is 1.38. The first kappa shape index (κ1) is 16.0. The van der Waals surface area contributed by atoms with Gasteiger partial charge in [-0.25, -0.2) is 0 Å². The highest BCUT2D eigenvalue weighted by atomic mass is 32.2. The van der Waals surface area contributed by atoms with Crippen LogP contribution in [0.5, 0.6) is 0 Å². The van der Waals surface area contributed by atoms with Gasteiger partial charge in [-0.1, -0.05) is 30.0 Å². The second-order valence-electron chi connectivity index (χ2n) is 5.50. The van der Waals surface area contributed by atoms with E-state index in [1.165, 1.54) is 17.8 Å². The normalized spacial score (nSPS) is 27.0. The highest BCUT2D eigenvalue weighted by Gasteiger charge is 2.46. The van der Waals surface area contributed by atoms with Crippen LogP contribution in [0.15, 0.2) is 41.4 Å². The Kier molecular flexibility index (Phi) is 4.70. The molecule has 2 amide bonds. The molecule has 1 aromatic carbocycles. The molecule has 1 atom stereocenters. The van der Waals surface area contributed by atoms with Crippen LogP contribution in [-0.2, 0) is 14.3 Å². The number of nitrogens with zero attached hydrogens (tertiary/aromatic N) is 1. The van der Waals surface area contributed by atoms with E-state index < -0.39 is 4.87 Å². The number of carbonyl (C=O) groups excluding carboxylic acids is 2. The molecule has 2 N–H and O–H groups in total. The van der Waals surface area contributed by atoms with Crippen molar-refractivity contribution >= 4 is 29.3 Å². The molecule has 1 aromatic rings. The average Bonchev–Trinajstić information content (AvgIpc) is 2.84. The number of amides is 2. The van der Waals surface area contributed by atoms with Crippen molar-refractivity contribution in [2.45, 2.75) is 11.8 Å². The lowest BCUT2D eigenvalue weighted by Gasteiger charge is -2.37. The van der Waals surface area contributed by atoms with Crippen LogP contribution in [0.2, 0.25) is 0 Å². The van der Waals surface area contributed by atoms with E-state index in [-0.39, 0.29) is 11.8 Å². The molecule has 0 saturated carbocycles. The van der Waals surface area contributed by atoms with Crippen molar-refractivity contribution in [2.24, 2.45) is 0 Å². The van der Waals surface area contributed by atoms with Crippen LogP contribution in [-0.4, -0.2) is 47.9 Å². The minimum atomic E-state index is -0.692. The number of thioether (sulfide) groups is 1. The summed E-state index contributed by atoms with van der Waals surface area (Å²) in [5, 5.41) is 6.14. The summed E-state index contributed by atoms with van der Waals surface area (Å²) < 4.78 is 5.34. The molecule has 2 aliphatic heterocycles. The summed E-state index contributed by atoms with van der Waals surface area (Å²) in [6.45, 7) is 4.54. The van der Waals surface area contributed by atoms with Crippen LogP contribution in [0.1, 0.15) is 6.92 Å². The average molecular weight is 333 g/mol. The van der Waals surface area contributed by atoms with Crippen molar-refractivity contribution in [2.75, 3.05) is 31.6 Å². The number of para-hydroxylation sites is 1. The van der Waals surface area contributed by atoms with E-state index in [0.29, 0.717) is 31.3 Å². The number of ether oxygens (including phenoxy) is 1. The first-order chi connectivity index (χ1) is 11.1. The zero-order valence-electron chi connectivity index (χ0n) is 12.9. The number of nitrogens with one attached hydrogen (secondary N) is 2. The fraction of sp³-hybridized carbons (Fsp3) is 0.375. The maximum atomic E-state index is 12.4. The van der Waals surface area contributed by atoms with Gasteiger partial charge in [-0.15, -0.1) is 0 Å². The van der Waals surface area contributed by atoms with E-state index in [0.717, 1.165) is 5.69 Å². The molecule has 2 saturated heterocycles. The number of benzene rings is 1. The van der Waals surface area contributed by atoms with E-state index in [1.54, 1.807) is 0 Å². The van der Waals surface area contributed by atoms with E-state index in [9.17, 15) is 9.59 Å².